The van der Waals surface area contributed by atoms with E-state index >= 15 is 0 Å². The van der Waals surface area contributed by atoms with E-state index in [4.69, 9.17) is 16.6 Å². The van der Waals surface area contributed by atoms with Gasteiger partial charge in [0.15, 0.2) is 5.82 Å². The predicted octanol–water partition coefficient (Wildman–Crippen LogP) is 4.43. The minimum absolute atomic E-state index is 0.544. The molecule has 0 spiro atoms. The van der Waals surface area contributed by atoms with Gasteiger partial charge in [-0.1, -0.05) is 60.1 Å². The molecular formula is C18H14ClN3. The normalized spacial score (nSPS) is 12.8. The second kappa shape index (κ2) is 5.43. The highest BCUT2D eigenvalue weighted by molar-refractivity contribution is 6.30. The summed E-state index contributed by atoms with van der Waals surface area (Å²) in [5.74, 6) is 0.668. The Morgan fingerprint density at radius 3 is 2.55 bits per heavy atom. The topological polar surface area (TPSA) is 37.8 Å². The zero-order valence-corrected chi connectivity index (χ0v) is 12.6. The molecule has 4 heteroatoms. The van der Waals surface area contributed by atoms with Crippen molar-refractivity contribution in [2.24, 2.45) is 0 Å². The van der Waals surface area contributed by atoms with E-state index in [1.807, 2.05) is 42.5 Å². The van der Waals surface area contributed by atoms with Gasteiger partial charge < -0.3 is 5.32 Å². The van der Waals surface area contributed by atoms with Crippen LogP contribution >= 0.6 is 11.6 Å². The highest BCUT2D eigenvalue weighted by Crippen LogP contribution is 2.35. The van der Waals surface area contributed by atoms with Crippen molar-refractivity contribution in [1.29, 1.82) is 0 Å². The monoisotopic (exact) mass is 307 g/mol. The van der Waals surface area contributed by atoms with Crippen molar-refractivity contribution >= 4 is 17.3 Å². The Morgan fingerprint density at radius 2 is 1.68 bits per heavy atom. The zero-order chi connectivity index (χ0) is 14.9. The van der Waals surface area contributed by atoms with E-state index in [1.165, 1.54) is 0 Å². The maximum absolute atomic E-state index is 6.46. The third-order valence-electron chi connectivity index (χ3n) is 3.86. The molecule has 1 N–H and O–H groups in total. The highest BCUT2D eigenvalue weighted by Gasteiger charge is 2.20. The molecule has 0 saturated heterocycles. The van der Waals surface area contributed by atoms with Gasteiger partial charge in [0.25, 0.3) is 0 Å². The van der Waals surface area contributed by atoms with Crippen LogP contribution in [0.1, 0.15) is 5.56 Å². The minimum atomic E-state index is 0.544. The highest BCUT2D eigenvalue weighted by atomic mass is 35.5. The molecule has 22 heavy (non-hydrogen) atoms. The third kappa shape index (κ3) is 2.24. The van der Waals surface area contributed by atoms with E-state index in [-0.39, 0.29) is 0 Å². The summed E-state index contributed by atoms with van der Waals surface area (Å²) in [7, 11) is 0. The summed E-state index contributed by atoms with van der Waals surface area (Å²) in [6.45, 7) is 0.831. The van der Waals surface area contributed by atoms with Crippen molar-refractivity contribution in [3.05, 3.63) is 65.3 Å². The van der Waals surface area contributed by atoms with Gasteiger partial charge in [0.1, 0.15) is 5.15 Å². The fraction of sp³-hybridized carbons (Fsp3) is 0.111. The predicted molar refractivity (Wildman–Crippen MR) is 90.1 cm³/mol. The van der Waals surface area contributed by atoms with Crippen LogP contribution in [-0.2, 0) is 6.42 Å². The summed E-state index contributed by atoms with van der Waals surface area (Å²) < 4.78 is 0. The number of benzene rings is 2. The summed E-state index contributed by atoms with van der Waals surface area (Å²) in [5.41, 5.74) is 5.09. The number of hydrogen-bond acceptors (Lipinski definition) is 3. The molecule has 2 aromatic carbocycles. The summed E-state index contributed by atoms with van der Waals surface area (Å²) in [6, 6.07) is 18.1. The SMILES string of the molecule is Clc1nc(-c2ccccc2)nc2c1CCNc1ccccc1-2. The number of nitrogens with zero attached hydrogens (tertiary/aromatic N) is 2. The van der Waals surface area contributed by atoms with Crippen molar-refractivity contribution in [3.8, 4) is 22.6 Å². The summed E-state index contributed by atoms with van der Waals surface area (Å²) in [5, 5.41) is 3.98. The molecule has 3 nitrogen and oxygen atoms in total. The quantitative estimate of drug-likeness (QED) is 0.676. The van der Waals surface area contributed by atoms with Crippen LogP contribution in [0.4, 0.5) is 5.69 Å². The minimum Gasteiger partial charge on any atom is -0.384 e. The van der Waals surface area contributed by atoms with Crippen LogP contribution in [0.5, 0.6) is 0 Å². The smallest absolute Gasteiger partial charge is 0.161 e. The first-order valence-electron chi connectivity index (χ1n) is 7.28. The van der Waals surface area contributed by atoms with Crippen molar-refractivity contribution in [1.82, 2.24) is 9.97 Å². The number of fused-ring (bicyclic) bond motifs is 3. The largest absolute Gasteiger partial charge is 0.384 e. The number of para-hydroxylation sites is 1. The molecule has 2 heterocycles. The molecule has 1 aliphatic heterocycles. The van der Waals surface area contributed by atoms with E-state index in [2.05, 4.69) is 22.4 Å². The lowest BCUT2D eigenvalue weighted by molar-refractivity contribution is 1.00. The Hall–Kier alpha value is -2.39. The van der Waals surface area contributed by atoms with Crippen molar-refractivity contribution in [2.45, 2.75) is 6.42 Å². The van der Waals surface area contributed by atoms with Crippen LogP contribution in [-0.4, -0.2) is 16.5 Å². The number of halogens is 1. The van der Waals surface area contributed by atoms with E-state index in [0.29, 0.717) is 11.0 Å². The van der Waals surface area contributed by atoms with Gasteiger partial charge in [-0.05, 0) is 12.5 Å². The Labute approximate surface area is 134 Å². The summed E-state index contributed by atoms with van der Waals surface area (Å²) >= 11 is 6.46. The average molecular weight is 308 g/mol. The number of nitrogens with one attached hydrogen (secondary N) is 1. The summed E-state index contributed by atoms with van der Waals surface area (Å²) in [4.78, 5) is 9.31. The Kier molecular flexibility index (Phi) is 3.28. The molecule has 0 amide bonds. The van der Waals surface area contributed by atoms with Crippen molar-refractivity contribution < 1.29 is 0 Å². The molecule has 0 atom stereocenters. The maximum atomic E-state index is 6.46. The first-order valence-corrected chi connectivity index (χ1v) is 7.66. The van der Waals surface area contributed by atoms with Crippen LogP contribution in [0, 0.1) is 0 Å². The van der Waals surface area contributed by atoms with Crippen LogP contribution < -0.4 is 5.32 Å². The van der Waals surface area contributed by atoms with Gasteiger partial charge in [-0.15, -0.1) is 0 Å². The Balaban J connectivity index is 1.96. The molecule has 0 fully saturated rings. The van der Waals surface area contributed by atoms with Gasteiger partial charge in [0, 0.05) is 28.9 Å². The van der Waals surface area contributed by atoms with Gasteiger partial charge in [-0.25, -0.2) is 9.97 Å². The lowest BCUT2D eigenvalue weighted by Crippen LogP contribution is -2.03. The summed E-state index contributed by atoms with van der Waals surface area (Å²) in [6.07, 6.45) is 0.817. The van der Waals surface area contributed by atoms with E-state index in [9.17, 15) is 0 Å². The molecule has 1 aliphatic rings. The molecule has 0 aliphatic carbocycles. The lowest BCUT2D eigenvalue weighted by Gasteiger charge is -2.11. The Bertz CT molecular complexity index is 831. The van der Waals surface area contributed by atoms with Gasteiger partial charge in [0.05, 0.1) is 5.69 Å². The van der Waals surface area contributed by atoms with Crippen molar-refractivity contribution in [2.75, 3.05) is 11.9 Å². The maximum Gasteiger partial charge on any atom is 0.161 e. The number of aromatic nitrogens is 2. The van der Waals surface area contributed by atoms with Crippen LogP contribution in [0.25, 0.3) is 22.6 Å². The van der Waals surface area contributed by atoms with Gasteiger partial charge in [0.2, 0.25) is 0 Å². The second-order valence-electron chi connectivity index (χ2n) is 5.25. The third-order valence-corrected chi connectivity index (χ3v) is 4.17. The van der Waals surface area contributed by atoms with E-state index in [1.54, 1.807) is 0 Å². The van der Waals surface area contributed by atoms with E-state index in [0.717, 1.165) is 41.0 Å². The van der Waals surface area contributed by atoms with Gasteiger partial charge in [-0.2, -0.15) is 0 Å². The molecule has 1 aromatic heterocycles. The fourth-order valence-corrected chi connectivity index (χ4v) is 3.05. The average Bonchev–Trinajstić information content (AvgIpc) is 2.76. The number of anilines is 1. The standard InChI is InChI=1S/C18H14ClN3/c19-17-14-10-11-20-15-9-5-4-8-13(15)16(14)21-18(22-17)12-6-2-1-3-7-12/h1-9,20H,10-11H2. The molecule has 108 valence electrons. The van der Waals surface area contributed by atoms with E-state index < -0.39 is 0 Å². The Morgan fingerprint density at radius 1 is 0.909 bits per heavy atom. The van der Waals surface area contributed by atoms with Crippen LogP contribution in [0.15, 0.2) is 54.6 Å². The molecule has 4 rings (SSSR count). The van der Waals surface area contributed by atoms with Crippen molar-refractivity contribution in [3.63, 3.8) is 0 Å². The molecule has 0 radical (unpaired) electrons. The van der Waals surface area contributed by atoms with Gasteiger partial charge >= 0.3 is 0 Å². The first kappa shape index (κ1) is 13.3. The van der Waals surface area contributed by atoms with Crippen LogP contribution in [0.3, 0.4) is 0 Å². The lowest BCUT2D eigenvalue weighted by atomic mass is 10.0. The zero-order valence-electron chi connectivity index (χ0n) is 11.9. The number of rotatable bonds is 1. The second-order valence-corrected chi connectivity index (χ2v) is 5.61. The first-order chi connectivity index (χ1) is 10.8. The van der Waals surface area contributed by atoms with Gasteiger partial charge in [-0.3, -0.25) is 0 Å². The molecule has 0 unspecified atom stereocenters. The molecular weight excluding hydrogens is 294 g/mol. The molecule has 0 bridgehead atoms. The van der Waals surface area contributed by atoms with Crippen LogP contribution in [0.2, 0.25) is 5.15 Å². The fourth-order valence-electron chi connectivity index (χ4n) is 2.78. The number of hydrogen-bond donors (Lipinski definition) is 1. The molecule has 3 aromatic rings. The molecule has 0 saturated carbocycles.